The summed E-state index contributed by atoms with van der Waals surface area (Å²) in [5.41, 5.74) is -0.542. The Bertz CT molecular complexity index is 667. The molecule has 0 saturated heterocycles. The number of H-pyrrole nitrogens is 1. The summed E-state index contributed by atoms with van der Waals surface area (Å²) in [5, 5.41) is 0. The summed E-state index contributed by atoms with van der Waals surface area (Å²) in [7, 11) is 1.26. The molecule has 1 N–H and O–H groups in total. The van der Waals surface area contributed by atoms with Crippen molar-refractivity contribution in [3.63, 3.8) is 0 Å². The first kappa shape index (κ1) is 14.7. The third kappa shape index (κ3) is 3.88. The first-order chi connectivity index (χ1) is 9.89. The van der Waals surface area contributed by atoms with Crippen molar-refractivity contribution >= 4 is 0 Å². The number of methoxy groups -OCH3 is 1. The Morgan fingerprint density at radius 3 is 2.33 bits per heavy atom. The van der Waals surface area contributed by atoms with Gasteiger partial charge in [0, 0.05) is 0 Å². The van der Waals surface area contributed by atoms with Crippen LogP contribution in [-0.4, -0.2) is 23.4 Å². The zero-order chi connectivity index (χ0) is 15.5. The molecule has 0 aliphatic rings. The molecule has 2 aromatic rings. The summed E-state index contributed by atoms with van der Waals surface area (Å²) >= 11 is 0. The van der Waals surface area contributed by atoms with E-state index in [0.29, 0.717) is 0 Å². The van der Waals surface area contributed by atoms with Crippen LogP contribution in [0.15, 0.2) is 35.4 Å². The number of rotatable bonds is 4. The molecule has 112 valence electrons. The molecule has 0 atom stereocenters. The Hall–Kier alpha value is -2.71. The van der Waals surface area contributed by atoms with E-state index in [0.717, 1.165) is 18.5 Å². The number of aromatic amines is 1. The van der Waals surface area contributed by atoms with Crippen molar-refractivity contribution < 1.29 is 27.4 Å². The molecular weight excluding hydrogens is 293 g/mol. The van der Waals surface area contributed by atoms with Gasteiger partial charge in [0.05, 0.1) is 13.4 Å². The Balaban J connectivity index is 2.18. The molecule has 1 heterocycles. The number of benzene rings is 1. The molecular formula is C12H9F3N2O4. The fourth-order valence-corrected chi connectivity index (χ4v) is 1.44. The maximum absolute atomic E-state index is 12.0. The van der Waals surface area contributed by atoms with Gasteiger partial charge < -0.3 is 19.2 Å². The quantitative estimate of drug-likeness (QED) is 0.939. The lowest BCUT2D eigenvalue weighted by Gasteiger charge is -2.10. The van der Waals surface area contributed by atoms with Crippen molar-refractivity contribution in [2.45, 2.75) is 6.36 Å². The smallest absolute Gasteiger partial charge is 0.487 e. The molecule has 0 spiro atoms. The lowest BCUT2D eigenvalue weighted by molar-refractivity contribution is -0.274. The van der Waals surface area contributed by atoms with Crippen LogP contribution in [0.1, 0.15) is 0 Å². The predicted octanol–water partition coefficient (Wildman–Crippen LogP) is 2.47. The molecule has 0 amide bonds. The Morgan fingerprint density at radius 2 is 1.76 bits per heavy atom. The van der Waals surface area contributed by atoms with E-state index in [2.05, 4.69) is 14.7 Å². The molecule has 0 fully saturated rings. The van der Waals surface area contributed by atoms with Crippen molar-refractivity contribution in [2.24, 2.45) is 0 Å². The first-order valence-electron chi connectivity index (χ1n) is 5.54. The highest BCUT2D eigenvalue weighted by Gasteiger charge is 2.31. The van der Waals surface area contributed by atoms with Gasteiger partial charge in [-0.3, -0.25) is 4.79 Å². The molecule has 6 nitrogen and oxygen atoms in total. The van der Waals surface area contributed by atoms with E-state index in [4.69, 9.17) is 9.47 Å². The normalized spacial score (nSPS) is 11.0. The summed E-state index contributed by atoms with van der Waals surface area (Å²) in [4.78, 5) is 17.5. The fraction of sp³-hybridized carbons (Fsp3) is 0.167. The van der Waals surface area contributed by atoms with Crippen LogP contribution >= 0.6 is 0 Å². The second-order valence-electron chi connectivity index (χ2n) is 3.69. The summed E-state index contributed by atoms with van der Waals surface area (Å²) < 4.78 is 49.9. The molecule has 0 radical (unpaired) electrons. The first-order valence-corrected chi connectivity index (χ1v) is 5.54. The number of ether oxygens (including phenoxy) is 3. The molecule has 2 rings (SSSR count). The SMILES string of the molecule is COc1c(Oc2ccc(OC(F)(F)F)cc2)nc[nH]c1=O. The molecule has 1 aromatic carbocycles. The highest BCUT2D eigenvalue weighted by atomic mass is 19.4. The van der Waals surface area contributed by atoms with Crippen LogP contribution in [0, 0.1) is 0 Å². The van der Waals surface area contributed by atoms with E-state index >= 15 is 0 Å². The van der Waals surface area contributed by atoms with Gasteiger partial charge in [-0.25, -0.2) is 4.98 Å². The highest BCUT2D eigenvalue weighted by Crippen LogP contribution is 2.28. The van der Waals surface area contributed by atoms with Crippen LogP contribution in [0.3, 0.4) is 0 Å². The van der Waals surface area contributed by atoms with Crippen molar-refractivity contribution in [2.75, 3.05) is 7.11 Å². The van der Waals surface area contributed by atoms with E-state index in [1.54, 1.807) is 0 Å². The molecule has 0 bridgehead atoms. The van der Waals surface area contributed by atoms with Gasteiger partial charge in [0.2, 0.25) is 5.75 Å². The minimum Gasteiger partial charge on any atom is -0.487 e. The zero-order valence-electron chi connectivity index (χ0n) is 10.6. The zero-order valence-corrected chi connectivity index (χ0v) is 10.6. The van der Waals surface area contributed by atoms with Crippen molar-refractivity contribution in [3.8, 4) is 23.1 Å². The maximum Gasteiger partial charge on any atom is 0.573 e. The van der Waals surface area contributed by atoms with Gasteiger partial charge in [-0.1, -0.05) is 0 Å². The van der Waals surface area contributed by atoms with Crippen molar-refractivity contribution in [3.05, 3.63) is 40.9 Å². The van der Waals surface area contributed by atoms with Crippen LogP contribution in [0.4, 0.5) is 13.2 Å². The minimum atomic E-state index is -4.76. The predicted molar refractivity (Wildman–Crippen MR) is 64.6 cm³/mol. The number of hydrogen-bond acceptors (Lipinski definition) is 5. The van der Waals surface area contributed by atoms with E-state index in [9.17, 15) is 18.0 Å². The molecule has 21 heavy (non-hydrogen) atoms. The summed E-state index contributed by atoms with van der Waals surface area (Å²) in [6, 6.07) is 4.62. The monoisotopic (exact) mass is 302 g/mol. The molecule has 0 saturated carbocycles. The second-order valence-corrected chi connectivity index (χ2v) is 3.69. The number of nitrogens with one attached hydrogen (secondary N) is 1. The Kier molecular flexibility index (Phi) is 4.01. The van der Waals surface area contributed by atoms with Gasteiger partial charge >= 0.3 is 6.36 Å². The Morgan fingerprint density at radius 1 is 1.14 bits per heavy atom. The molecule has 9 heteroatoms. The van der Waals surface area contributed by atoms with Crippen LogP contribution < -0.4 is 19.8 Å². The average Bonchev–Trinajstić information content (AvgIpc) is 2.40. The van der Waals surface area contributed by atoms with Gasteiger partial charge in [-0.05, 0) is 24.3 Å². The van der Waals surface area contributed by atoms with Crippen LogP contribution in [-0.2, 0) is 0 Å². The van der Waals surface area contributed by atoms with Gasteiger partial charge in [0.25, 0.3) is 11.4 Å². The number of alkyl halides is 3. The highest BCUT2D eigenvalue weighted by molar-refractivity contribution is 5.37. The van der Waals surface area contributed by atoms with Crippen molar-refractivity contribution in [1.82, 2.24) is 9.97 Å². The Labute approximate surface area is 116 Å². The minimum absolute atomic E-state index is 0.106. The standard InChI is InChI=1S/C12H9F3N2O4/c1-19-9-10(18)16-6-17-11(9)20-7-2-4-8(5-3-7)21-12(13,14)15/h2-6H,1H3,(H,16,17,18). The van der Waals surface area contributed by atoms with E-state index in [1.807, 2.05) is 0 Å². The number of aromatic nitrogens is 2. The largest absolute Gasteiger partial charge is 0.573 e. The van der Waals surface area contributed by atoms with Crippen LogP contribution in [0.25, 0.3) is 0 Å². The van der Waals surface area contributed by atoms with Gasteiger partial charge in [0.1, 0.15) is 11.5 Å². The number of halogens is 3. The van der Waals surface area contributed by atoms with E-state index < -0.39 is 11.9 Å². The van der Waals surface area contributed by atoms with Gasteiger partial charge in [-0.15, -0.1) is 13.2 Å². The van der Waals surface area contributed by atoms with Crippen molar-refractivity contribution in [1.29, 1.82) is 0 Å². The van der Waals surface area contributed by atoms with Gasteiger partial charge in [0.15, 0.2) is 0 Å². The number of nitrogens with zero attached hydrogens (tertiary/aromatic N) is 1. The topological polar surface area (TPSA) is 73.4 Å². The maximum atomic E-state index is 12.0. The molecule has 1 aromatic heterocycles. The molecule has 0 unspecified atom stereocenters. The average molecular weight is 302 g/mol. The third-order valence-electron chi connectivity index (χ3n) is 2.25. The second kappa shape index (κ2) is 5.73. The third-order valence-corrected chi connectivity index (χ3v) is 2.25. The summed E-state index contributed by atoms with van der Waals surface area (Å²) in [6.07, 6.45) is -3.65. The van der Waals surface area contributed by atoms with Gasteiger partial charge in [-0.2, -0.15) is 0 Å². The number of hydrogen-bond donors (Lipinski definition) is 1. The van der Waals surface area contributed by atoms with E-state index in [1.165, 1.54) is 19.2 Å². The van der Waals surface area contributed by atoms with E-state index in [-0.39, 0.29) is 23.1 Å². The fourth-order valence-electron chi connectivity index (χ4n) is 1.44. The van der Waals surface area contributed by atoms with Crippen LogP contribution in [0.5, 0.6) is 23.1 Å². The van der Waals surface area contributed by atoms with Crippen LogP contribution in [0.2, 0.25) is 0 Å². The lowest BCUT2D eigenvalue weighted by Crippen LogP contribution is -2.16. The molecule has 0 aliphatic carbocycles. The summed E-state index contributed by atoms with van der Waals surface area (Å²) in [6.45, 7) is 0. The lowest BCUT2D eigenvalue weighted by atomic mass is 10.3. The summed E-state index contributed by atoms with van der Waals surface area (Å²) in [5.74, 6) is -0.472. The molecule has 0 aliphatic heterocycles.